The molecule has 1 heterocycles. The van der Waals surface area contributed by atoms with E-state index in [1.807, 2.05) is 18.2 Å². The first-order chi connectivity index (χ1) is 10.1. The minimum absolute atomic E-state index is 0.0197. The largest absolute Gasteiger partial charge is 0.494 e. The van der Waals surface area contributed by atoms with E-state index >= 15 is 0 Å². The quantitative estimate of drug-likeness (QED) is 0.831. The van der Waals surface area contributed by atoms with Crippen molar-refractivity contribution in [2.75, 3.05) is 12.9 Å². The molecule has 1 aromatic carbocycles. The number of para-hydroxylation sites is 1. The van der Waals surface area contributed by atoms with Gasteiger partial charge in [-0.3, -0.25) is 4.79 Å². The lowest BCUT2D eigenvalue weighted by Gasteiger charge is -2.07. The molecule has 0 amide bonds. The van der Waals surface area contributed by atoms with Crippen LogP contribution in [0.4, 0.5) is 0 Å². The molecule has 6 heteroatoms. The first-order valence-corrected chi connectivity index (χ1v) is 7.96. The van der Waals surface area contributed by atoms with Crippen LogP contribution in [0.2, 0.25) is 0 Å². The Morgan fingerprint density at radius 3 is 2.95 bits per heavy atom. The molecular formula is C15H18N2O3S. The Bertz CT molecular complexity index is 683. The monoisotopic (exact) mass is 306 g/mol. The van der Waals surface area contributed by atoms with Crippen LogP contribution < -0.4 is 4.74 Å². The highest BCUT2D eigenvalue weighted by atomic mass is 32.2. The fourth-order valence-corrected chi connectivity index (χ4v) is 3.30. The van der Waals surface area contributed by atoms with E-state index in [0.29, 0.717) is 5.92 Å². The number of hydrogen-bond donors (Lipinski definition) is 1. The van der Waals surface area contributed by atoms with Gasteiger partial charge >= 0.3 is 5.97 Å². The van der Waals surface area contributed by atoms with Crippen LogP contribution in [0.15, 0.2) is 23.4 Å². The van der Waals surface area contributed by atoms with Crippen LogP contribution in [-0.4, -0.2) is 33.5 Å². The van der Waals surface area contributed by atoms with Crippen LogP contribution in [0, 0.1) is 11.8 Å². The van der Waals surface area contributed by atoms with Crippen molar-refractivity contribution in [3.63, 3.8) is 0 Å². The van der Waals surface area contributed by atoms with Crippen LogP contribution in [-0.2, 0) is 11.3 Å². The highest BCUT2D eigenvalue weighted by Gasteiger charge is 2.33. The van der Waals surface area contributed by atoms with Gasteiger partial charge in [-0.15, -0.1) is 0 Å². The lowest BCUT2D eigenvalue weighted by molar-refractivity contribution is -0.133. The van der Waals surface area contributed by atoms with Gasteiger partial charge < -0.3 is 14.4 Å². The summed E-state index contributed by atoms with van der Waals surface area (Å²) >= 11 is 1.27. The molecule has 5 nitrogen and oxygen atoms in total. The zero-order chi connectivity index (χ0) is 15.0. The highest BCUT2D eigenvalue weighted by molar-refractivity contribution is 7.99. The molecule has 1 aliphatic rings. The summed E-state index contributed by atoms with van der Waals surface area (Å²) in [6, 6.07) is 5.84. The molecule has 1 fully saturated rings. The van der Waals surface area contributed by atoms with Crippen LogP contribution in [0.3, 0.4) is 0 Å². The number of aromatic nitrogens is 2. The van der Waals surface area contributed by atoms with Gasteiger partial charge in [-0.2, -0.15) is 0 Å². The molecule has 0 saturated heterocycles. The van der Waals surface area contributed by atoms with E-state index in [1.165, 1.54) is 18.2 Å². The summed E-state index contributed by atoms with van der Waals surface area (Å²) in [5.74, 6) is 1.33. The summed E-state index contributed by atoms with van der Waals surface area (Å²) in [5, 5.41) is 9.66. The van der Waals surface area contributed by atoms with Gasteiger partial charge in [0, 0.05) is 6.54 Å². The van der Waals surface area contributed by atoms with Crippen molar-refractivity contribution in [3.8, 4) is 5.75 Å². The van der Waals surface area contributed by atoms with Crippen molar-refractivity contribution in [1.82, 2.24) is 9.55 Å². The molecule has 1 aliphatic carbocycles. The SMILES string of the molecule is COc1cccc2c1nc(SCC(=O)O)n2CC1CC1C. The molecule has 2 atom stereocenters. The molecule has 1 saturated carbocycles. The number of imidazole rings is 1. The van der Waals surface area contributed by atoms with Crippen molar-refractivity contribution in [2.45, 2.75) is 25.0 Å². The van der Waals surface area contributed by atoms with Crippen LogP contribution in [0.5, 0.6) is 5.75 Å². The second kappa shape index (κ2) is 5.60. The molecule has 2 aromatic rings. The number of carbonyl (C=O) groups is 1. The topological polar surface area (TPSA) is 64.3 Å². The van der Waals surface area contributed by atoms with Crippen LogP contribution >= 0.6 is 11.8 Å². The standard InChI is InChI=1S/C15H18N2O3S/c1-9-6-10(9)7-17-11-4-3-5-12(20-2)14(11)16-15(17)21-8-13(18)19/h3-5,9-10H,6-8H2,1-2H3,(H,18,19). The first kappa shape index (κ1) is 14.3. The third kappa shape index (κ3) is 2.85. The van der Waals surface area contributed by atoms with E-state index in [4.69, 9.17) is 9.84 Å². The van der Waals surface area contributed by atoms with Gasteiger partial charge in [0.05, 0.1) is 18.4 Å². The van der Waals surface area contributed by atoms with E-state index in [0.717, 1.165) is 34.4 Å². The Morgan fingerprint density at radius 2 is 2.33 bits per heavy atom. The maximum atomic E-state index is 10.8. The van der Waals surface area contributed by atoms with Crippen LogP contribution in [0.1, 0.15) is 13.3 Å². The van der Waals surface area contributed by atoms with E-state index in [9.17, 15) is 4.79 Å². The number of thioether (sulfide) groups is 1. The molecular weight excluding hydrogens is 288 g/mol. The Labute approximate surface area is 127 Å². The van der Waals surface area contributed by atoms with Gasteiger partial charge in [-0.25, -0.2) is 4.98 Å². The molecule has 0 spiro atoms. The number of hydrogen-bond acceptors (Lipinski definition) is 4. The number of carboxylic acid groups (broad SMARTS) is 1. The Hall–Kier alpha value is -1.69. The third-order valence-electron chi connectivity index (χ3n) is 3.94. The molecule has 0 aliphatic heterocycles. The number of rotatable bonds is 6. The number of carboxylic acids is 1. The molecule has 112 valence electrons. The Kier molecular flexibility index (Phi) is 3.80. The number of ether oxygens (including phenoxy) is 1. The smallest absolute Gasteiger partial charge is 0.313 e. The van der Waals surface area contributed by atoms with E-state index in [2.05, 4.69) is 16.5 Å². The van der Waals surface area contributed by atoms with Crippen molar-refractivity contribution in [3.05, 3.63) is 18.2 Å². The summed E-state index contributed by atoms with van der Waals surface area (Å²) in [6.45, 7) is 3.14. The fraction of sp³-hybridized carbons (Fsp3) is 0.467. The fourth-order valence-electron chi connectivity index (χ4n) is 2.57. The zero-order valence-electron chi connectivity index (χ0n) is 12.1. The van der Waals surface area contributed by atoms with Crippen LogP contribution in [0.25, 0.3) is 11.0 Å². The number of benzene rings is 1. The van der Waals surface area contributed by atoms with Gasteiger partial charge in [-0.1, -0.05) is 24.8 Å². The van der Waals surface area contributed by atoms with Gasteiger partial charge in [0.1, 0.15) is 11.3 Å². The number of methoxy groups -OCH3 is 1. The minimum atomic E-state index is -0.828. The molecule has 21 heavy (non-hydrogen) atoms. The number of nitrogens with zero attached hydrogens (tertiary/aromatic N) is 2. The average Bonchev–Trinajstić information content (AvgIpc) is 3.04. The average molecular weight is 306 g/mol. The minimum Gasteiger partial charge on any atom is -0.494 e. The lowest BCUT2D eigenvalue weighted by atomic mass is 10.3. The summed E-state index contributed by atoms with van der Waals surface area (Å²) in [6.07, 6.45) is 1.23. The predicted molar refractivity (Wildman–Crippen MR) is 81.9 cm³/mol. The molecule has 1 N–H and O–H groups in total. The van der Waals surface area contributed by atoms with E-state index in [-0.39, 0.29) is 5.75 Å². The van der Waals surface area contributed by atoms with Gasteiger partial charge in [-0.05, 0) is 30.4 Å². The number of fused-ring (bicyclic) bond motifs is 1. The lowest BCUT2D eigenvalue weighted by Crippen LogP contribution is -2.05. The maximum absolute atomic E-state index is 10.8. The third-order valence-corrected chi connectivity index (χ3v) is 4.91. The molecule has 0 radical (unpaired) electrons. The molecule has 0 bridgehead atoms. The van der Waals surface area contributed by atoms with E-state index in [1.54, 1.807) is 7.11 Å². The summed E-state index contributed by atoms with van der Waals surface area (Å²) < 4.78 is 7.50. The highest BCUT2D eigenvalue weighted by Crippen LogP contribution is 2.41. The summed E-state index contributed by atoms with van der Waals surface area (Å²) in [7, 11) is 1.63. The Balaban J connectivity index is 2.01. The first-order valence-electron chi connectivity index (χ1n) is 6.98. The Morgan fingerprint density at radius 1 is 1.57 bits per heavy atom. The second-order valence-electron chi connectivity index (χ2n) is 5.49. The van der Waals surface area contributed by atoms with Gasteiger partial charge in [0.2, 0.25) is 0 Å². The summed E-state index contributed by atoms with van der Waals surface area (Å²) in [5.41, 5.74) is 1.82. The second-order valence-corrected chi connectivity index (χ2v) is 6.43. The van der Waals surface area contributed by atoms with Crippen molar-refractivity contribution in [1.29, 1.82) is 0 Å². The van der Waals surface area contributed by atoms with E-state index < -0.39 is 5.97 Å². The van der Waals surface area contributed by atoms with Crippen molar-refractivity contribution >= 4 is 28.8 Å². The maximum Gasteiger partial charge on any atom is 0.313 e. The van der Waals surface area contributed by atoms with Gasteiger partial charge in [0.25, 0.3) is 0 Å². The van der Waals surface area contributed by atoms with Crippen molar-refractivity contribution in [2.24, 2.45) is 11.8 Å². The van der Waals surface area contributed by atoms with Gasteiger partial charge in [0.15, 0.2) is 5.16 Å². The predicted octanol–water partition coefficient (Wildman–Crippen LogP) is 2.88. The molecule has 2 unspecified atom stereocenters. The van der Waals surface area contributed by atoms with Crippen molar-refractivity contribution < 1.29 is 14.6 Å². The normalized spacial score (nSPS) is 20.7. The zero-order valence-corrected chi connectivity index (χ0v) is 12.9. The summed E-state index contributed by atoms with van der Waals surface area (Å²) in [4.78, 5) is 15.4. The molecule has 1 aromatic heterocycles. The molecule has 3 rings (SSSR count). The number of aliphatic carboxylic acids is 1.